The van der Waals surface area contributed by atoms with Crippen LogP contribution < -0.4 is 10.6 Å². The van der Waals surface area contributed by atoms with Gasteiger partial charge in [-0.3, -0.25) is 4.79 Å². The van der Waals surface area contributed by atoms with E-state index in [9.17, 15) is 14.4 Å². The van der Waals surface area contributed by atoms with Gasteiger partial charge >= 0.3 is 18.0 Å². The van der Waals surface area contributed by atoms with E-state index >= 15 is 0 Å². The highest BCUT2D eigenvalue weighted by molar-refractivity contribution is 5.82. The molecule has 0 bridgehead atoms. The van der Waals surface area contributed by atoms with E-state index in [1.54, 1.807) is 0 Å². The molecular formula is C12H20N2O6. The van der Waals surface area contributed by atoms with Crippen molar-refractivity contribution in [2.75, 3.05) is 19.8 Å². The summed E-state index contributed by atoms with van der Waals surface area (Å²) >= 11 is 0. The summed E-state index contributed by atoms with van der Waals surface area (Å²) in [6, 6.07) is -1.80. The molecule has 0 aromatic carbocycles. The van der Waals surface area contributed by atoms with Crippen LogP contribution in [-0.4, -0.2) is 54.0 Å². The number of carboxylic acids is 2. The Bertz CT molecular complexity index is 354. The van der Waals surface area contributed by atoms with Crippen molar-refractivity contribution in [3.8, 4) is 0 Å². The topological polar surface area (TPSA) is 125 Å². The average molecular weight is 288 g/mol. The summed E-state index contributed by atoms with van der Waals surface area (Å²) in [5.41, 5.74) is 0. The third-order valence-electron chi connectivity index (χ3n) is 3.06. The zero-order valence-electron chi connectivity index (χ0n) is 11.1. The highest BCUT2D eigenvalue weighted by Gasteiger charge is 2.21. The first kappa shape index (κ1) is 16.2. The molecule has 0 spiro atoms. The number of aliphatic carboxylic acids is 2. The highest BCUT2D eigenvalue weighted by Crippen LogP contribution is 2.11. The lowest BCUT2D eigenvalue weighted by Gasteiger charge is -2.22. The first-order valence-corrected chi connectivity index (χ1v) is 6.55. The van der Waals surface area contributed by atoms with Gasteiger partial charge in [0, 0.05) is 19.6 Å². The van der Waals surface area contributed by atoms with Crippen molar-refractivity contribution in [1.29, 1.82) is 0 Å². The van der Waals surface area contributed by atoms with E-state index < -0.39 is 24.0 Å². The molecule has 0 aliphatic carbocycles. The van der Waals surface area contributed by atoms with Crippen molar-refractivity contribution in [2.45, 2.75) is 31.7 Å². The first-order valence-electron chi connectivity index (χ1n) is 6.55. The average Bonchev–Trinajstić information content (AvgIpc) is 2.41. The minimum atomic E-state index is -1.25. The van der Waals surface area contributed by atoms with Gasteiger partial charge in [0.05, 0.1) is 6.61 Å². The first-order chi connectivity index (χ1) is 9.49. The van der Waals surface area contributed by atoms with E-state index in [0.717, 1.165) is 19.4 Å². The Morgan fingerprint density at radius 1 is 1.30 bits per heavy atom. The van der Waals surface area contributed by atoms with Gasteiger partial charge in [-0.05, 0) is 25.2 Å². The fraction of sp³-hybridized carbons (Fsp3) is 0.750. The van der Waals surface area contributed by atoms with Crippen LogP contribution >= 0.6 is 0 Å². The number of carbonyl (C=O) groups excluding carboxylic acids is 1. The summed E-state index contributed by atoms with van der Waals surface area (Å²) in [6.07, 6.45) is 1.45. The molecule has 0 radical (unpaired) electrons. The molecule has 1 rings (SSSR count). The van der Waals surface area contributed by atoms with Crippen molar-refractivity contribution < 1.29 is 29.3 Å². The maximum atomic E-state index is 11.6. The van der Waals surface area contributed by atoms with Crippen LogP contribution in [-0.2, 0) is 14.3 Å². The molecule has 8 nitrogen and oxygen atoms in total. The maximum absolute atomic E-state index is 11.6. The Balaban J connectivity index is 2.29. The van der Waals surface area contributed by atoms with Gasteiger partial charge < -0.3 is 25.6 Å². The van der Waals surface area contributed by atoms with Gasteiger partial charge in [-0.25, -0.2) is 9.59 Å². The number of rotatable bonds is 7. The van der Waals surface area contributed by atoms with Crippen LogP contribution in [0.25, 0.3) is 0 Å². The van der Waals surface area contributed by atoms with Crippen molar-refractivity contribution in [1.82, 2.24) is 10.6 Å². The summed E-state index contributed by atoms with van der Waals surface area (Å²) in [4.78, 5) is 32.9. The molecule has 1 fully saturated rings. The summed E-state index contributed by atoms with van der Waals surface area (Å²) in [5.74, 6) is -2.11. The Kier molecular flexibility index (Phi) is 6.78. The van der Waals surface area contributed by atoms with E-state index in [-0.39, 0.29) is 18.8 Å². The van der Waals surface area contributed by atoms with Gasteiger partial charge in [0.2, 0.25) is 0 Å². The van der Waals surface area contributed by atoms with E-state index in [1.807, 2.05) is 0 Å². The molecule has 2 unspecified atom stereocenters. The lowest BCUT2D eigenvalue weighted by Crippen LogP contribution is -2.47. The van der Waals surface area contributed by atoms with Gasteiger partial charge in [-0.2, -0.15) is 0 Å². The zero-order valence-corrected chi connectivity index (χ0v) is 11.1. The number of hydrogen-bond acceptors (Lipinski definition) is 4. The molecule has 114 valence electrons. The molecule has 1 aliphatic heterocycles. The Morgan fingerprint density at radius 2 is 2.05 bits per heavy atom. The summed E-state index contributed by atoms with van der Waals surface area (Å²) in [6.45, 7) is 1.73. The predicted molar refractivity (Wildman–Crippen MR) is 68.4 cm³/mol. The van der Waals surface area contributed by atoms with Gasteiger partial charge in [-0.1, -0.05) is 0 Å². The van der Waals surface area contributed by atoms with Gasteiger partial charge in [0.15, 0.2) is 0 Å². The van der Waals surface area contributed by atoms with E-state index in [4.69, 9.17) is 14.9 Å². The summed E-state index contributed by atoms with van der Waals surface area (Å²) in [7, 11) is 0. The maximum Gasteiger partial charge on any atom is 0.326 e. The number of amides is 2. The SMILES string of the molecule is O=C(O)CCC(NC(=O)NCC1CCCOC1)C(=O)O. The Hall–Kier alpha value is -1.83. The van der Waals surface area contributed by atoms with Crippen LogP contribution in [0.5, 0.6) is 0 Å². The number of nitrogens with one attached hydrogen (secondary N) is 2. The summed E-state index contributed by atoms with van der Waals surface area (Å²) in [5, 5.41) is 22.3. The third kappa shape index (κ3) is 6.37. The van der Waals surface area contributed by atoms with E-state index in [1.165, 1.54) is 0 Å². The molecule has 2 amide bonds. The van der Waals surface area contributed by atoms with Crippen LogP contribution in [0.4, 0.5) is 4.79 Å². The highest BCUT2D eigenvalue weighted by atomic mass is 16.5. The van der Waals surface area contributed by atoms with Crippen molar-refractivity contribution in [3.05, 3.63) is 0 Å². The number of urea groups is 1. The smallest absolute Gasteiger partial charge is 0.326 e. The molecule has 1 saturated heterocycles. The van der Waals surface area contributed by atoms with Crippen LogP contribution in [0.15, 0.2) is 0 Å². The molecular weight excluding hydrogens is 268 g/mol. The molecule has 8 heteroatoms. The lowest BCUT2D eigenvalue weighted by molar-refractivity contribution is -0.140. The summed E-state index contributed by atoms with van der Waals surface area (Å²) < 4.78 is 5.27. The number of carbonyl (C=O) groups is 3. The van der Waals surface area contributed by atoms with Crippen LogP contribution in [0, 0.1) is 5.92 Å². The second kappa shape index (κ2) is 8.36. The quantitative estimate of drug-likeness (QED) is 0.524. The number of hydrogen-bond donors (Lipinski definition) is 4. The molecule has 0 aromatic heterocycles. The van der Waals surface area contributed by atoms with E-state index in [0.29, 0.717) is 13.2 Å². The monoisotopic (exact) mass is 288 g/mol. The largest absolute Gasteiger partial charge is 0.481 e. The predicted octanol–water partition coefficient (Wildman–Crippen LogP) is 0.0302. The van der Waals surface area contributed by atoms with Crippen molar-refractivity contribution in [3.63, 3.8) is 0 Å². The standard InChI is InChI=1S/C12H20N2O6/c15-10(16)4-3-9(11(17)18)14-12(19)13-6-8-2-1-5-20-7-8/h8-9H,1-7H2,(H,15,16)(H,17,18)(H2,13,14,19). The fourth-order valence-corrected chi connectivity index (χ4v) is 1.94. The molecule has 1 heterocycles. The van der Waals surface area contributed by atoms with Crippen molar-refractivity contribution in [2.24, 2.45) is 5.92 Å². The van der Waals surface area contributed by atoms with Gasteiger partial charge in [0.25, 0.3) is 0 Å². The molecule has 4 N–H and O–H groups in total. The number of carboxylic acid groups (broad SMARTS) is 2. The van der Waals surface area contributed by atoms with Gasteiger partial charge in [0.1, 0.15) is 6.04 Å². The lowest BCUT2D eigenvalue weighted by atomic mass is 10.0. The van der Waals surface area contributed by atoms with Crippen LogP contribution in [0.2, 0.25) is 0 Å². The third-order valence-corrected chi connectivity index (χ3v) is 3.06. The Labute approximate surface area is 116 Å². The minimum absolute atomic E-state index is 0.148. The van der Waals surface area contributed by atoms with Crippen LogP contribution in [0.1, 0.15) is 25.7 Å². The second-order valence-corrected chi connectivity index (χ2v) is 4.76. The normalized spacial score (nSPS) is 19.9. The number of ether oxygens (including phenoxy) is 1. The van der Waals surface area contributed by atoms with Gasteiger partial charge in [-0.15, -0.1) is 0 Å². The fourth-order valence-electron chi connectivity index (χ4n) is 1.94. The molecule has 1 aliphatic rings. The Morgan fingerprint density at radius 3 is 2.60 bits per heavy atom. The molecule has 0 saturated carbocycles. The van der Waals surface area contributed by atoms with Crippen molar-refractivity contribution >= 4 is 18.0 Å². The van der Waals surface area contributed by atoms with E-state index in [2.05, 4.69) is 10.6 Å². The molecule has 2 atom stereocenters. The molecule has 0 aromatic rings. The second-order valence-electron chi connectivity index (χ2n) is 4.76. The van der Waals surface area contributed by atoms with Crippen LogP contribution in [0.3, 0.4) is 0 Å². The zero-order chi connectivity index (χ0) is 15.0. The molecule has 20 heavy (non-hydrogen) atoms. The minimum Gasteiger partial charge on any atom is -0.481 e.